The highest BCUT2D eigenvalue weighted by Crippen LogP contribution is 2.14. The van der Waals surface area contributed by atoms with Gasteiger partial charge < -0.3 is 10.6 Å². The highest BCUT2D eigenvalue weighted by atomic mass is 79.9. The van der Waals surface area contributed by atoms with Crippen LogP contribution in [0.5, 0.6) is 0 Å². The molecule has 1 aliphatic rings. The summed E-state index contributed by atoms with van der Waals surface area (Å²) < 4.78 is 13.8. The van der Waals surface area contributed by atoms with Crippen LogP contribution in [0.15, 0.2) is 27.7 Å². The Hall–Kier alpha value is -1.10. The van der Waals surface area contributed by atoms with Gasteiger partial charge in [0.2, 0.25) is 0 Å². The quantitative estimate of drug-likeness (QED) is 0.872. The number of guanidine groups is 1. The van der Waals surface area contributed by atoms with E-state index in [0.29, 0.717) is 12.6 Å². The Kier molecular flexibility index (Phi) is 3.43. The fourth-order valence-corrected chi connectivity index (χ4v) is 2.07. The second-order valence-corrected chi connectivity index (χ2v) is 4.78. The van der Waals surface area contributed by atoms with Gasteiger partial charge in [-0.1, -0.05) is 15.9 Å². The normalized spacial score (nSPS) is 19.2. The first-order valence-electron chi connectivity index (χ1n) is 5.13. The molecule has 1 atom stereocenters. The zero-order valence-corrected chi connectivity index (χ0v) is 10.5. The molecule has 1 aromatic carbocycles. The van der Waals surface area contributed by atoms with Gasteiger partial charge in [-0.15, -0.1) is 0 Å². The van der Waals surface area contributed by atoms with Crippen molar-refractivity contribution in [2.75, 3.05) is 6.54 Å². The summed E-state index contributed by atoms with van der Waals surface area (Å²) in [7, 11) is 0. The average Bonchev–Trinajstić information content (AvgIpc) is 2.60. The molecule has 5 heteroatoms. The minimum atomic E-state index is -0.235. The summed E-state index contributed by atoms with van der Waals surface area (Å²) in [5.41, 5.74) is 0.885. The molecule has 1 aromatic rings. The van der Waals surface area contributed by atoms with Crippen molar-refractivity contribution in [2.24, 2.45) is 4.99 Å². The van der Waals surface area contributed by atoms with Crippen molar-refractivity contribution in [3.05, 3.63) is 34.1 Å². The summed E-state index contributed by atoms with van der Waals surface area (Å²) in [5.74, 6) is 0.550. The smallest absolute Gasteiger partial charge is 0.191 e. The Morgan fingerprint density at radius 2 is 2.38 bits per heavy atom. The molecule has 0 bridgehead atoms. The van der Waals surface area contributed by atoms with E-state index in [1.165, 1.54) is 12.1 Å². The van der Waals surface area contributed by atoms with Crippen molar-refractivity contribution in [3.63, 3.8) is 0 Å². The van der Waals surface area contributed by atoms with E-state index in [9.17, 15) is 4.39 Å². The van der Waals surface area contributed by atoms with E-state index in [1.807, 2.05) is 6.07 Å². The Morgan fingerprint density at radius 1 is 1.56 bits per heavy atom. The van der Waals surface area contributed by atoms with Crippen molar-refractivity contribution in [1.82, 2.24) is 10.6 Å². The van der Waals surface area contributed by atoms with E-state index in [2.05, 4.69) is 38.5 Å². The fourth-order valence-electron chi connectivity index (χ4n) is 1.56. The van der Waals surface area contributed by atoms with Crippen LogP contribution >= 0.6 is 15.9 Å². The first-order chi connectivity index (χ1) is 7.63. The van der Waals surface area contributed by atoms with Gasteiger partial charge in [-0.2, -0.15) is 0 Å². The number of hydrogen-bond donors (Lipinski definition) is 2. The Labute approximate surface area is 102 Å². The lowest BCUT2D eigenvalue weighted by Gasteiger charge is -2.09. The minimum Gasteiger partial charge on any atom is -0.352 e. The Bertz CT molecular complexity index is 399. The van der Waals surface area contributed by atoms with E-state index in [1.54, 1.807) is 0 Å². The molecule has 1 heterocycles. The number of halogens is 2. The van der Waals surface area contributed by atoms with Crippen molar-refractivity contribution in [3.8, 4) is 0 Å². The summed E-state index contributed by atoms with van der Waals surface area (Å²) in [4.78, 5) is 4.27. The number of rotatable bonds is 2. The van der Waals surface area contributed by atoms with E-state index in [4.69, 9.17) is 0 Å². The van der Waals surface area contributed by atoms with Gasteiger partial charge in [-0.05, 0) is 30.7 Å². The average molecular weight is 286 g/mol. The largest absolute Gasteiger partial charge is 0.352 e. The first kappa shape index (κ1) is 11.4. The van der Waals surface area contributed by atoms with Gasteiger partial charge in [0.1, 0.15) is 5.82 Å². The first-order valence-corrected chi connectivity index (χ1v) is 5.92. The molecule has 86 valence electrons. The van der Waals surface area contributed by atoms with E-state index in [0.717, 1.165) is 22.5 Å². The zero-order chi connectivity index (χ0) is 11.5. The predicted molar refractivity (Wildman–Crippen MR) is 65.8 cm³/mol. The van der Waals surface area contributed by atoms with Crippen LogP contribution < -0.4 is 10.6 Å². The van der Waals surface area contributed by atoms with Crippen LogP contribution in [0.4, 0.5) is 4.39 Å². The molecule has 0 spiro atoms. The number of nitrogens with one attached hydrogen (secondary N) is 2. The number of nitrogens with zero attached hydrogens (tertiary/aromatic N) is 1. The van der Waals surface area contributed by atoms with Gasteiger partial charge in [0, 0.05) is 17.1 Å². The molecule has 1 unspecified atom stereocenters. The van der Waals surface area contributed by atoms with Crippen molar-refractivity contribution < 1.29 is 4.39 Å². The Morgan fingerprint density at radius 3 is 3.00 bits per heavy atom. The molecule has 0 saturated heterocycles. The molecule has 0 aliphatic carbocycles. The van der Waals surface area contributed by atoms with Gasteiger partial charge in [0.25, 0.3) is 0 Å². The third-order valence-electron chi connectivity index (χ3n) is 2.29. The van der Waals surface area contributed by atoms with Crippen LogP contribution in [-0.4, -0.2) is 18.5 Å². The molecule has 0 fully saturated rings. The van der Waals surface area contributed by atoms with E-state index >= 15 is 0 Å². The fraction of sp³-hybridized carbons (Fsp3) is 0.364. The van der Waals surface area contributed by atoms with Crippen LogP contribution in [0, 0.1) is 5.82 Å². The predicted octanol–water partition coefficient (Wildman–Crippen LogP) is 2.03. The number of aliphatic imine (C=N–C) groups is 1. The topological polar surface area (TPSA) is 36.4 Å². The van der Waals surface area contributed by atoms with Crippen LogP contribution in [0.3, 0.4) is 0 Å². The van der Waals surface area contributed by atoms with Crippen molar-refractivity contribution in [1.29, 1.82) is 0 Å². The van der Waals surface area contributed by atoms with Gasteiger partial charge in [-0.3, -0.25) is 4.99 Å². The second-order valence-electron chi connectivity index (χ2n) is 3.87. The maximum absolute atomic E-state index is 13.1. The lowest BCUT2D eigenvalue weighted by atomic mass is 10.2. The summed E-state index contributed by atoms with van der Waals surface area (Å²) in [6.07, 6.45) is 0. The lowest BCUT2D eigenvalue weighted by Crippen LogP contribution is -2.37. The standard InChI is InChI=1S/C11H13BrFN3/c1-7-5-14-11(16-7)15-6-8-2-9(12)4-10(13)3-8/h2-4,7H,5-6H2,1H3,(H2,14,15,16). The van der Waals surface area contributed by atoms with Crippen LogP contribution in [0.2, 0.25) is 0 Å². The Balaban J connectivity index is 1.94. The molecule has 1 aliphatic heterocycles. The molecule has 3 nitrogen and oxygen atoms in total. The summed E-state index contributed by atoms with van der Waals surface area (Å²) in [5, 5.41) is 6.32. The molecule has 0 amide bonds. The zero-order valence-electron chi connectivity index (χ0n) is 8.93. The maximum atomic E-state index is 13.1. The van der Waals surface area contributed by atoms with Crippen molar-refractivity contribution in [2.45, 2.75) is 19.5 Å². The van der Waals surface area contributed by atoms with Crippen LogP contribution in [-0.2, 0) is 6.54 Å². The van der Waals surface area contributed by atoms with Gasteiger partial charge in [0.05, 0.1) is 6.54 Å². The second kappa shape index (κ2) is 4.82. The van der Waals surface area contributed by atoms with Crippen molar-refractivity contribution >= 4 is 21.9 Å². The third-order valence-corrected chi connectivity index (χ3v) is 2.75. The molecular formula is C11H13BrFN3. The molecular weight excluding hydrogens is 273 g/mol. The molecule has 0 radical (unpaired) electrons. The third kappa shape index (κ3) is 2.95. The minimum absolute atomic E-state index is 0.235. The van der Waals surface area contributed by atoms with Crippen LogP contribution in [0.25, 0.3) is 0 Å². The van der Waals surface area contributed by atoms with E-state index in [-0.39, 0.29) is 5.82 Å². The molecule has 16 heavy (non-hydrogen) atoms. The summed E-state index contributed by atoms with van der Waals surface area (Å²) >= 11 is 3.26. The van der Waals surface area contributed by atoms with E-state index < -0.39 is 0 Å². The van der Waals surface area contributed by atoms with Gasteiger partial charge in [-0.25, -0.2) is 4.39 Å². The van der Waals surface area contributed by atoms with Gasteiger partial charge in [0.15, 0.2) is 5.96 Å². The molecule has 0 aromatic heterocycles. The summed E-state index contributed by atoms with van der Waals surface area (Å²) in [6, 6.07) is 5.21. The number of benzene rings is 1. The summed E-state index contributed by atoms with van der Waals surface area (Å²) in [6.45, 7) is 3.42. The van der Waals surface area contributed by atoms with Crippen LogP contribution in [0.1, 0.15) is 12.5 Å². The number of hydrogen-bond acceptors (Lipinski definition) is 3. The SMILES string of the molecule is CC1CN=C(NCc2cc(F)cc(Br)c2)N1. The highest BCUT2D eigenvalue weighted by molar-refractivity contribution is 9.10. The van der Waals surface area contributed by atoms with Gasteiger partial charge >= 0.3 is 0 Å². The molecule has 2 N–H and O–H groups in total. The highest BCUT2D eigenvalue weighted by Gasteiger charge is 2.11. The lowest BCUT2D eigenvalue weighted by molar-refractivity contribution is 0.623. The molecule has 2 rings (SSSR count). The monoisotopic (exact) mass is 285 g/mol. The maximum Gasteiger partial charge on any atom is 0.191 e. The molecule has 0 saturated carbocycles.